The highest BCUT2D eigenvalue weighted by Gasteiger charge is 1.65. The molecule has 0 aromatic heterocycles. The summed E-state index contributed by atoms with van der Waals surface area (Å²) in [5, 5.41) is 2.58. The van der Waals surface area contributed by atoms with E-state index >= 15 is 0 Å². The summed E-state index contributed by atoms with van der Waals surface area (Å²) in [5.41, 5.74) is 0. The zero-order valence-corrected chi connectivity index (χ0v) is 5.46. The molecule has 0 rings (SSSR count). The normalized spacial score (nSPS) is 10.2. The maximum atomic E-state index is 4.89. The number of hydrogen-bond donors (Lipinski definition) is 1. The lowest BCUT2D eigenvalue weighted by Gasteiger charge is -1.81. The molecule has 0 aromatic rings. The van der Waals surface area contributed by atoms with Crippen molar-refractivity contribution < 1.29 is 0 Å². The van der Waals surface area contributed by atoms with E-state index in [-0.39, 0.29) is 0 Å². The SMILES string of the molecule is C#CN/C=C\C/N=C\C. The molecule has 0 spiro atoms. The second-order valence-electron chi connectivity index (χ2n) is 1.31. The lowest BCUT2D eigenvalue weighted by molar-refractivity contribution is 1.19. The molecular weight excluding hydrogens is 112 g/mol. The van der Waals surface area contributed by atoms with Gasteiger partial charge in [0, 0.05) is 12.2 Å². The van der Waals surface area contributed by atoms with Crippen LogP contribution in [0, 0.1) is 12.5 Å². The van der Waals surface area contributed by atoms with Crippen molar-refractivity contribution in [3.05, 3.63) is 12.3 Å². The van der Waals surface area contributed by atoms with Crippen molar-refractivity contribution in [3.63, 3.8) is 0 Å². The topological polar surface area (TPSA) is 24.4 Å². The van der Waals surface area contributed by atoms with Crippen molar-refractivity contribution in [1.82, 2.24) is 5.32 Å². The average Bonchev–Trinajstić information content (AvgIpc) is 1.89. The van der Waals surface area contributed by atoms with Crippen molar-refractivity contribution in [3.8, 4) is 12.5 Å². The Morgan fingerprint density at radius 3 is 3.11 bits per heavy atom. The maximum absolute atomic E-state index is 4.89. The lowest BCUT2D eigenvalue weighted by atomic mass is 10.6. The second kappa shape index (κ2) is 6.77. The van der Waals surface area contributed by atoms with Crippen LogP contribution in [0.2, 0.25) is 0 Å². The second-order valence-corrected chi connectivity index (χ2v) is 1.31. The molecule has 0 amide bonds. The number of rotatable bonds is 3. The van der Waals surface area contributed by atoms with Gasteiger partial charge in [0.05, 0.1) is 6.54 Å². The Hall–Kier alpha value is -1.23. The molecule has 2 heteroatoms. The third-order valence-corrected chi connectivity index (χ3v) is 0.678. The maximum Gasteiger partial charge on any atom is 0.0583 e. The highest BCUT2D eigenvalue weighted by Crippen LogP contribution is 1.69. The summed E-state index contributed by atoms with van der Waals surface area (Å²) in [6.45, 7) is 2.56. The third kappa shape index (κ3) is 6.77. The predicted molar refractivity (Wildman–Crippen MR) is 40.1 cm³/mol. The Kier molecular flexibility index (Phi) is 5.84. The highest BCUT2D eigenvalue weighted by atomic mass is 14.8. The number of terminal acetylenes is 1. The quantitative estimate of drug-likeness (QED) is 0.334. The molecule has 0 aliphatic heterocycles. The molecule has 0 bridgehead atoms. The lowest BCUT2D eigenvalue weighted by Crippen LogP contribution is -1.90. The molecule has 0 aliphatic carbocycles. The summed E-state index contributed by atoms with van der Waals surface area (Å²) in [5.74, 6) is 0. The minimum atomic E-state index is 0.686. The first-order valence-corrected chi connectivity index (χ1v) is 2.72. The number of aliphatic imine (C=N–C) groups is 1. The van der Waals surface area contributed by atoms with Crippen molar-refractivity contribution in [2.24, 2.45) is 4.99 Å². The molecule has 2 nitrogen and oxygen atoms in total. The number of nitrogens with one attached hydrogen (secondary N) is 1. The Morgan fingerprint density at radius 1 is 1.78 bits per heavy atom. The van der Waals surface area contributed by atoms with Gasteiger partial charge in [0.1, 0.15) is 0 Å². The fraction of sp³-hybridized carbons (Fsp3) is 0.286. The molecule has 0 saturated heterocycles. The van der Waals surface area contributed by atoms with Crippen LogP contribution in [0.4, 0.5) is 0 Å². The first-order valence-electron chi connectivity index (χ1n) is 2.72. The van der Waals surface area contributed by atoms with Gasteiger partial charge >= 0.3 is 0 Å². The Labute approximate surface area is 55.7 Å². The molecular formula is C7H10N2. The summed E-state index contributed by atoms with van der Waals surface area (Å²) in [4.78, 5) is 3.92. The summed E-state index contributed by atoms with van der Waals surface area (Å²) in [6.07, 6.45) is 10.2. The van der Waals surface area contributed by atoms with Gasteiger partial charge in [-0.2, -0.15) is 0 Å². The molecule has 0 radical (unpaired) electrons. The van der Waals surface area contributed by atoms with E-state index in [9.17, 15) is 0 Å². The standard InChI is InChI=1S/C7H10N2/c1-3-8-6-5-7-9-4-2/h1,4-6,8H,7H2,2H3/b6-5-,9-4-. The van der Waals surface area contributed by atoms with Crippen molar-refractivity contribution in [2.75, 3.05) is 6.54 Å². The third-order valence-electron chi connectivity index (χ3n) is 0.678. The van der Waals surface area contributed by atoms with Gasteiger partial charge in [-0.25, -0.2) is 0 Å². The molecule has 9 heavy (non-hydrogen) atoms. The van der Waals surface area contributed by atoms with Crippen LogP contribution in [-0.2, 0) is 0 Å². The van der Waals surface area contributed by atoms with Gasteiger partial charge in [0.2, 0.25) is 0 Å². The molecule has 0 atom stereocenters. The van der Waals surface area contributed by atoms with E-state index in [0.717, 1.165) is 0 Å². The van der Waals surface area contributed by atoms with Gasteiger partial charge in [-0.3, -0.25) is 4.99 Å². The summed E-state index contributed by atoms with van der Waals surface area (Å²) < 4.78 is 0. The van der Waals surface area contributed by atoms with Crippen LogP contribution in [0.15, 0.2) is 17.3 Å². The molecule has 0 saturated carbocycles. The van der Waals surface area contributed by atoms with Crippen LogP contribution in [0.1, 0.15) is 6.92 Å². The van der Waals surface area contributed by atoms with Gasteiger partial charge in [-0.15, -0.1) is 0 Å². The van der Waals surface area contributed by atoms with E-state index in [0.29, 0.717) is 6.54 Å². The van der Waals surface area contributed by atoms with Crippen LogP contribution in [-0.4, -0.2) is 12.8 Å². The van der Waals surface area contributed by atoms with Gasteiger partial charge in [0.15, 0.2) is 0 Å². The van der Waals surface area contributed by atoms with E-state index in [1.54, 1.807) is 12.4 Å². The van der Waals surface area contributed by atoms with Crippen LogP contribution < -0.4 is 5.32 Å². The van der Waals surface area contributed by atoms with Crippen LogP contribution >= 0.6 is 0 Å². The van der Waals surface area contributed by atoms with E-state index in [1.165, 1.54) is 0 Å². The van der Waals surface area contributed by atoms with Crippen molar-refractivity contribution in [2.45, 2.75) is 6.92 Å². The monoisotopic (exact) mass is 122 g/mol. The Morgan fingerprint density at radius 2 is 2.56 bits per heavy atom. The fourth-order valence-corrected chi connectivity index (χ4v) is 0.326. The predicted octanol–water partition coefficient (Wildman–Crippen LogP) is 0.771. The molecule has 0 fully saturated rings. The van der Waals surface area contributed by atoms with Crippen LogP contribution in [0.5, 0.6) is 0 Å². The van der Waals surface area contributed by atoms with E-state index < -0.39 is 0 Å². The first-order chi connectivity index (χ1) is 4.41. The molecule has 48 valence electrons. The number of nitrogens with zero attached hydrogens (tertiary/aromatic N) is 1. The molecule has 0 aliphatic rings. The zero-order valence-electron chi connectivity index (χ0n) is 5.46. The largest absolute Gasteiger partial charge is 0.322 e. The first kappa shape index (κ1) is 7.77. The molecule has 0 aromatic carbocycles. The van der Waals surface area contributed by atoms with Crippen LogP contribution in [0.3, 0.4) is 0 Å². The number of hydrogen-bond acceptors (Lipinski definition) is 2. The van der Waals surface area contributed by atoms with E-state index in [2.05, 4.69) is 16.4 Å². The van der Waals surface area contributed by atoms with Gasteiger partial charge in [0.25, 0.3) is 0 Å². The Balaban J connectivity index is 3.17. The van der Waals surface area contributed by atoms with E-state index in [1.807, 2.05) is 13.0 Å². The Bertz CT molecular complexity index is 139. The van der Waals surface area contributed by atoms with Gasteiger partial charge in [-0.05, 0) is 19.2 Å². The minimum Gasteiger partial charge on any atom is -0.322 e. The summed E-state index contributed by atoms with van der Waals surface area (Å²) >= 11 is 0. The van der Waals surface area contributed by atoms with E-state index in [4.69, 9.17) is 6.42 Å². The molecule has 1 N–H and O–H groups in total. The fourth-order valence-electron chi connectivity index (χ4n) is 0.326. The molecule has 0 heterocycles. The van der Waals surface area contributed by atoms with Gasteiger partial charge in [-0.1, -0.05) is 6.42 Å². The van der Waals surface area contributed by atoms with Gasteiger partial charge < -0.3 is 5.32 Å². The summed E-state index contributed by atoms with van der Waals surface area (Å²) in [6, 6.07) is 2.26. The van der Waals surface area contributed by atoms with Crippen molar-refractivity contribution >= 4 is 6.21 Å². The minimum absolute atomic E-state index is 0.686. The van der Waals surface area contributed by atoms with Crippen LogP contribution in [0.25, 0.3) is 0 Å². The zero-order chi connectivity index (χ0) is 6.95. The molecule has 0 unspecified atom stereocenters. The highest BCUT2D eigenvalue weighted by molar-refractivity contribution is 5.53. The average molecular weight is 122 g/mol. The summed E-state index contributed by atoms with van der Waals surface area (Å²) in [7, 11) is 0. The van der Waals surface area contributed by atoms with Crippen molar-refractivity contribution in [1.29, 1.82) is 0 Å². The smallest absolute Gasteiger partial charge is 0.0583 e.